The number of hydrogen-bond donors (Lipinski definition) is 1. The second kappa shape index (κ2) is 5.83. The molecular formula is C14H20N2. The molecule has 0 amide bonds. The molecule has 86 valence electrons. The molecule has 1 heterocycles. The van der Waals surface area contributed by atoms with E-state index in [-0.39, 0.29) is 0 Å². The third-order valence-corrected chi connectivity index (χ3v) is 3.07. The van der Waals surface area contributed by atoms with Crippen molar-refractivity contribution in [2.24, 2.45) is 0 Å². The molecule has 1 atom stereocenters. The van der Waals surface area contributed by atoms with E-state index >= 15 is 0 Å². The third kappa shape index (κ3) is 3.19. The lowest BCUT2D eigenvalue weighted by atomic mass is 10.2. The zero-order chi connectivity index (χ0) is 11.2. The van der Waals surface area contributed by atoms with Crippen molar-refractivity contribution < 1.29 is 0 Å². The van der Waals surface area contributed by atoms with Crippen molar-refractivity contribution in [2.45, 2.75) is 19.0 Å². The third-order valence-electron chi connectivity index (χ3n) is 3.07. The molecular weight excluding hydrogens is 196 g/mol. The Balaban J connectivity index is 1.78. The number of benzene rings is 1. The summed E-state index contributed by atoms with van der Waals surface area (Å²) >= 11 is 0. The first-order chi connectivity index (χ1) is 7.88. The van der Waals surface area contributed by atoms with Crippen LogP contribution in [-0.2, 0) is 6.54 Å². The molecule has 0 unspecified atom stereocenters. The van der Waals surface area contributed by atoms with Gasteiger partial charge < -0.3 is 5.32 Å². The molecule has 1 fully saturated rings. The summed E-state index contributed by atoms with van der Waals surface area (Å²) < 4.78 is 0. The van der Waals surface area contributed by atoms with Crippen molar-refractivity contribution in [3.05, 3.63) is 48.6 Å². The monoisotopic (exact) mass is 216 g/mol. The second-order valence-corrected chi connectivity index (χ2v) is 4.40. The van der Waals surface area contributed by atoms with Gasteiger partial charge in [0.1, 0.15) is 0 Å². The predicted molar refractivity (Wildman–Crippen MR) is 68.3 cm³/mol. The summed E-state index contributed by atoms with van der Waals surface area (Å²) in [6, 6.07) is 11.3. The average Bonchev–Trinajstić information content (AvgIpc) is 2.75. The fraction of sp³-hybridized carbons (Fsp3) is 0.429. The van der Waals surface area contributed by atoms with Gasteiger partial charge in [-0.1, -0.05) is 36.4 Å². The van der Waals surface area contributed by atoms with Crippen LogP contribution in [0, 0.1) is 0 Å². The van der Waals surface area contributed by atoms with Gasteiger partial charge in [0.05, 0.1) is 0 Å². The van der Waals surface area contributed by atoms with Crippen LogP contribution < -0.4 is 5.32 Å². The Morgan fingerprint density at radius 3 is 2.94 bits per heavy atom. The van der Waals surface area contributed by atoms with Crippen LogP contribution in [0.1, 0.15) is 12.0 Å². The van der Waals surface area contributed by atoms with Gasteiger partial charge in [-0.25, -0.2) is 0 Å². The largest absolute Gasteiger partial charge is 0.309 e. The van der Waals surface area contributed by atoms with Crippen molar-refractivity contribution in [1.29, 1.82) is 0 Å². The topological polar surface area (TPSA) is 15.3 Å². The maximum absolute atomic E-state index is 3.73. The highest BCUT2D eigenvalue weighted by molar-refractivity contribution is 5.14. The molecule has 1 aromatic rings. The van der Waals surface area contributed by atoms with Gasteiger partial charge in [0.25, 0.3) is 0 Å². The fourth-order valence-electron chi connectivity index (χ4n) is 2.23. The zero-order valence-electron chi connectivity index (χ0n) is 9.73. The van der Waals surface area contributed by atoms with E-state index in [1.54, 1.807) is 0 Å². The van der Waals surface area contributed by atoms with Crippen molar-refractivity contribution in [1.82, 2.24) is 10.2 Å². The van der Waals surface area contributed by atoms with Gasteiger partial charge in [0.15, 0.2) is 0 Å². The van der Waals surface area contributed by atoms with Crippen molar-refractivity contribution in [2.75, 3.05) is 19.6 Å². The van der Waals surface area contributed by atoms with Crippen LogP contribution in [0.2, 0.25) is 0 Å². The van der Waals surface area contributed by atoms with Crippen molar-refractivity contribution >= 4 is 0 Å². The maximum Gasteiger partial charge on any atom is 0.0234 e. The molecule has 1 saturated heterocycles. The van der Waals surface area contributed by atoms with Gasteiger partial charge in [-0.15, -0.1) is 6.58 Å². The molecule has 0 aromatic heterocycles. The lowest BCUT2D eigenvalue weighted by molar-refractivity contribution is 0.321. The van der Waals surface area contributed by atoms with E-state index in [4.69, 9.17) is 0 Å². The minimum absolute atomic E-state index is 0.640. The Labute approximate surface area is 98.0 Å². The Hall–Kier alpha value is -1.12. The fourth-order valence-corrected chi connectivity index (χ4v) is 2.23. The van der Waals surface area contributed by atoms with Gasteiger partial charge in [-0.2, -0.15) is 0 Å². The molecule has 1 aromatic carbocycles. The summed E-state index contributed by atoms with van der Waals surface area (Å²) in [5, 5.41) is 3.49. The summed E-state index contributed by atoms with van der Waals surface area (Å²) in [5.74, 6) is 0. The normalized spacial score (nSPS) is 21.1. The lowest BCUT2D eigenvalue weighted by Gasteiger charge is -2.16. The molecule has 0 radical (unpaired) electrons. The van der Waals surface area contributed by atoms with E-state index in [1.807, 2.05) is 6.08 Å². The number of rotatable bonds is 5. The Morgan fingerprint density at radius 2 is 2.19 bits per heavy atom. The number of hydrogen-bond acceptors (Lipinski definition) is 2. The van der Waals surface area contributed by atoms with E-state index in [1.165, 1.54) is 18.5 Å². The second-order valence-electron chi connectivity index (χ2n) is 4.40. The van der Waals surface area contributed by atoms with E-state index < -0.39 is 0 Å². The first kappa shape index (κ1) is 11.4. The average molecular weight is 216 g/mol. The van der Waals surface area contributed by atoms with Crippen LogP contribution in [-0.4, -0.2) is 30.6 Å². The van der Waals surface area contributed by atoms with Crippen LogP contribution in [0.5, 0.6) is 0 Å². The smallest absolute Gasteiger partial charge is 0.0234 e. The SMILES string of the molecule is C=CCN[C@H]1CCN(Cc2ccccc2)C1. The molecule has 16 heavy (non-hydrogen) atoms. The molecule has 1 N–H and O–H groups in total. The molecule has 0 spiro atoms. The summed E-state index contributed by atoms with van der Waals surface area (Å²) in [5.41, 5.74) is 1.41. The first-order valence-electron chi connectivity index (χ1n) is 5.99. The minimum atomic E-state index is 0.640. The summed E-state index contributed by atoms with van der Waals surface area (Å²) in [6.45, 7) is 8.08. The predicted octanol–water partition coefficient (Wildman–Crippen LogP) is 2.04. The van der Waals surface area contributed by atoms with E-state index in [9.17, 15) is 0 Å². The molecule has 1 aliphatic heterocycles. The van der Waals surface area contributed by atoms with Crippen LogP contribution in [0.25, 0.3) is 0 Å². The van der Waals surface area contributed by atoms with Crippen LogP contribution in [0.3, 0.4) is 0 Å². The summed E-state index contributed by atoms with van der Waals surface area (Å²) in [4.78, 5) is 2.51. The highest BCUT2D eigenvalue weighted by Crippen LogP contribution is 2.13. The highest BCUT2D eigenvalue weighted by atomic mass is 15.2. The quantitative estimate of drug-likeness (QED) is 0.758. The van der Waals surface area contributed by atoms with E-state index in [0.29, 0.717) is 6.04 Å². The number of nitrogens with one attached hydrogen (secondary N) is 1. The maximum atomic E-state index is 3.73. The molecule has 2 rings (SSSR count). The van der Waals surface area contributed by atoms with Gasteiger partial charge in [0.2, 0.25) is 0 Å². The number of nitrogens with zero attached hydrogens (tertiary/aromatic N) is 1. The Morgan fingerprint density at radius 1 is 1.38 bits per heavy atom. The standard InChI is InChI=1S/C14H20N2/c1-2-9-15-14-8-10-16(12-14)11-13-6-4-3-5-7-13/h2-7,14-15H,1,8-12H2/t14-/m0/s1. The molecule has 0 bridgehead atoms. The Bertz CT molecular complexity index is 321. The zero-order valence-corrected chi connectivity index (χ0v) is 9.73. The molecule has 0 saturated carbocycles. The van der Waals surface area contributed by atoms with Crippen LogP contribution in [0.15, 0.2) is 43.0 Å². The van der Waals surface area contributed by atoms with Gasteiger partial charge in [0, 0.05) is 32.2 Å². The van der Waals surface area contributed by atoms with Crippen molar-refractivity contribution in [3.63, 3.8) is 0 Å². The summed E-state index contributed by atoms with van der Waals surface area (Å²) in [7, 11) is 0. The highest BCUT2D eigenvalue weighted by Gasteiger charge is 2.21. The lowest BCUT2D eigenvalue weighted by Crippen LogP contribution is -2.32. The molecule has 1 aliphatic rings. The van der Waals surface area contributed by atoms with Gasteiger partial charge in [-0.3, -0.25) is 4.90 Å². The minimum Gasteiger partial charge on any atom is -0.309 e. The molecule has 0 aliphatic carbocycles. The molecule has 2 heteroatoms. The molecule has 2 nitrogen and oxygen atoms in total. The van der Waals surface area contributed by atoms with Crippen LogP contribution >= 0.6 is 0 Å². The first-order valence-corrected chi connectivity index (χ1v) is 5.99. The Kier molecular flexibility index (Phi) is 4.14. The van der Waals surface area contributed by atoms with E-state index in [0.717, 1.165) is 19.6 Å². The van der Waals surface area contributed by atoms with Crippen molar-refractivity contribution in [3.8, 4) is 0 Å². The van der Waals surface area contributed by atoms with Crippen LogP contribution in [0.4, 0.5) is 0 Å². The number of likely N-dealkylation sites (tertiary alicyclic amines) is 1. The van der Waals surface area contributed by atoms with E-state index in [2.05, 4.69) is 47.1 Å². The van der Waals surface area contributed by atoms with Gasteiger partial charge >= 0.3 is 0 Å². The van der Waals surface area contributed by atoms with Gasteiger partial charge in [-0.05, 0) is 12.0 Å². The summed E-state index contributed by atoms with van der Waals surface area (Å²) in [6.07, 6.45) is 3.18.